The molecule has 1 aromatic carbocycles. The van der Waals surface area contributed by atoms with Gasteiger partial charge in [-0.15, -0.1) is 0 Å². The van der Waals surface area contributed by atoms with Crippen molar-refractivity contribution in [3.63, 3.8) is 0 Å². The summed E-state index contributed by atoms with van der Waals surface area (Å²) in [5, 5.41) is 0. The second-order valence-corrected chi connectivity index (χ2v) is 7.47. The van der Waals surface area contributed by atoms with Crippen LogP contribution in [0.2, 0.25) is 0 Å². The van der Waals surface area contributed by atoms with Gasteiger partial charge in [-0.2, -0.15) is 4.31 Å². The summed E-state index contributed by atoms with van der Waals surface area (Å²) in [5.41, 5.74) is 5.72. The summed E-state index contributed by atoms with van der Waals surface area (Å²) in [5.74, 6) is -1.72. The average Bonchev–Trinajstić information content (AvgIpc) is 2.45. The summed E-state index contributed by atoms with van der Waals surface area (Å²) >= 11 is 0. The van der Waals surface area contributed by atoms with Crippen molar-refractivity contribution < 1.29 is 17.2 Å². The molecule has 2 unspecified atom stereocenters. The molecule has 0 aliphatic heterocycles. The Morgan fingerprint density at radius 3 is 2.33 bits per heavy atom. The van der Waals surface area contributed by atoms with Crippen LogP contribution in [0.25, 0.3) is 0 Å². The molecule has 2 N–H and O–H groups in total. The predicted octanol–water partition coefficient (Wildman–Crippen LogP) is 2.10. The van der Waals surface area contributed by atoms with Crippen molar-refractivity contribution in [3.8, 4) is 0 Å². The number of benzene rings is 1. The van der Waals surface area contributed by atoms with Crippen molar-refractivity contribution in [1.82, 2.24) is 4.31 Å². The highest BCUT2D eigenvalue weighted by Gasteiger charge is 2.34. The molecule has 0 aromatic heterocycles. The summed E-state index contributed by atoms with van der Waals surface area (Å²) in [6.45, 7) is 0.405. The molecule has 0 radical (unpaired) electrons. The van der Waals surface area contributed by atoms with E-state index in [1.165, 1.54) is 11.4 Å². The fraction of sp³-hybridized carbons (Fsp3) is 0.571. The summed E-state index contributed by atoms with van der Waals surface area (Å²) in [6.07, 6.45) is 3.55. The van der Waals surface area contributed by atoms with Crippen LogP contribution >= 0.6 is 0 Å². The topological polar surface area (TPSA) is 63.4 Å². The molecule has 1 aliphatic rings. The first kappa shape index (κ1) is 16.3. The molecule has 0 spiro atoms. The highest BCUT2D eigenvalue weighted by atomic mass is 32.2. The van der Waals surface area contributed by atoms with Crippen molar-refractivity contribution in [2.75, 3.05) is 13.6 Å². The third-order valence-electron chi connectivity index (χ3n) is 4.15. The lowest BCUT2D eigenvalue weighted by Crippen LogP contribution is -2.45. The third kappa shape index (κ3) is 3.41. The Bertz CT molecular complexity index is 587. The zero-order chi connectivity index (χ0) is 15.6. The molecule has 0 bridgehead atoms. The van der Waals surface area contributed by atoms with Gasteiger partial charge in [0.2, 0.25) is 10.0 Å². The standard InChI is InChI=1S/C14H20F2N2O2S/c1-18(14-5-3-2-4-10(14)9-17)21(19,20)13-7-11(15)6-12(16)8-13/h6-8,10,14H,2-5,9,17H2,1H3. The van der Waals surface area contributed by atoms with E-state index in [4.69, 9.17) is 5.73 Å². The number of rotatable bonds is 4. The lowest BCUT2D eigenvalue weighted by Gasteiger charge is -2.36. The molecule has 0 heterocycles. The molecule has 21 heavy (non-hydrogen) atoms. The molecule has 1 fully saturated rings. The van der Waals surface area contributed by atoms with Crippen LogP contribution in [0.15, 0.2) is 23.1 Å². The van der Waals surface area contributed by atoms with Crippen LogP contribution in [0.5, 0.6) is 0 Å². The fourth-order valence-electron chi connectivity index (χ4n) is 2.96. The monoisotopic (exact) mass is 318 g/mol. The Balaban J connectivity index is 2.33. The second-order valence-electron chi connectivity index (χ2n) is 5.47. The van der Waals surface area contributed by atoms with E-state index >= 15 is 0 Å². The fourth-order valence-corrected chi connectivity index (χ4v) is 4.45. The Morgan fingerprint density at radius 2 is 1.76 bits per heavy atom. The Hall–Kier alpha value is -1.05. The van der Waals surface area contributed by atoms with Crippen LogP contribution in [-0.2, 0) is 10.0 Å². The minimum atomic E-state index is -3.93. The summed E-state index contributed by atoms with van der Waals surface area (Å²) in [7, 11) is -2.47. The molecule has 0 saturated heterocycles. The van der Waals surface area contributed by atoms with Gasteiger partial charge in [-0.05, 0) is 37.4 Å². The van der Waals surface area contributed by atoms with Gasteiger partial charge in [0, 0.05) is 19.2 Å². The molecule has 1 aromatic rings. The van der Waals surface area contributed by atoms with Gasteiger partial charge in [0.1, 0.15) is 11.6 Å². The van der Waals surface area contributed by atoms with E-state index in [9.17, 15) is 17.2 Å². The van der Waals surface area contributed by atoms with Crippen LogP contribution in [-0.4, -0.2) is 32.4 Å². The first-order valence-corrected chi connectivity index (χ1v) is 8.44. The smallest absolute Gasteiger partial charge is 0.243 e. The third-order valence-corrected chi connectivity index (χ3v) is 6.01. The van der Waals surface area contributed by atoms with Gasteiger partial charge in [-0.25, -0.2) is 17.2 Å². The van der Waals surface area contributed by atoms with E-state index in [0.717, 1.165) is 37.8 Å². The van der Waals surface area contributed by atoms with E-state index in [1.54, 1.807) is 0 Å². The van der Waals surface area contributed by atoms with Crippen LogP contribution in [0.4, 0.5) is 8.78 Å². The lowest BCUT2D eigenvalue weighted by atomic mass is 9.85. The number of hydrogen-bond acceptors (Lipinski definition) is 3. The van der Waals surface area contributed by atoms with Crippen LogP contribution in [0, 0.1) is 17.6 Å². The second kappa shape index (κ2) is 6.37. The molecular weight excluding hydrogens is 298 g/mol. The normalized spacial score (nSPS) is 23.5. The van der Waals surface area contributed by atoms with Crippen LogP contribution < -0.4 is 5.73 Å². The number of nitrogens with two attached hydrogens (primary N) is 1. The first-order chi connectivity index (χ1) is 9.86. The zero-order valence-electron chi connectivity index (χ0n) is 11.9. The summed E-state index contributed by atoms with van der Waals surface area (Å²) in [6, 6.07) is 2.12. The zero-order valence-corrected chi connectivity index (χ0v) is 12.7. The molecule has 7 heteroatoms. The number of sulfonamides is 1. The highest BCUT2D eigenvalue weighted by Crippen LogP contribution is 2.30. The quantitative estimate of drug-likeness (QED) is 0.925. The van der Waals surface area contributed by atoms with Gasteiger partial charge in [0.15, 0.2) is 0 Å². The van der Waals surface area contributed by atoms with Gasteiger partial charge in [0.05, 0.1) is 4.90 Å². The van der Waals surface area contributed by atoms with Crippen molar-refractivity contribution >= 4 is 10.0 Å². The minimum absolute atomic E-state index is 0.0805. The predicted molar refractivity (Wildman–Crippen MR) is 76.1 cm³/mol. The van der Waals surface area contributed by atoms with Gasteiger partial charge in [-0.1, -0.05) is 12.8 Å². The molecule has 2 rings (SSSR count). The lowest BCUT2D eigenvalue weighted by molar-refractivity contribution is 0.204. The van der Waals surface area contributed by atoms with E-state index < -0.39 is 21.7 Å². The molecule has 118 valence electrons. The maximum Gasteiger partial charge on any atom is 0.243 e. The highest BCUT2D eigenvalue weighted by molar-refractivity contribution is 7.89. The van der Waals surface area contributed by atoms with Gasteiger partial charge in [-0.3, -0.25) is 0 Å². The minimum Gasteiger partial charge on any atom is -0.330 e. The summed E-state index contributed by atoms with van der Waals surface area (Å²) in [4.78, 5) is -0.358. The van der Waals surface area contributed by atoms with E-state index in [1.807, 2.05) is 0 Å². The molecule has 1 saturated carbocycles. The van der Waals surface area contributed by atoms with Crippen molar-refractivity contribution in [2.45, 2.75) is 36.6 Å². The molecule has 2 atom stereocenters. The summed E-state index contributed by atoms with van der Waals surface area (Å²) < 4.78 is 52.8. The van der Waals surface area contributed by atoms with Crippen molar-refractivity contribution in [2.24, 2.45) is 11.7 Å². The maximum absolute atomic E-state index is 13.3. The van der Waals surface area contributed by atoms with Gasteiger partial charge < -0.3 is 5.73 Å². The maximum atomic E-state index is 13.3. The Morgan fingerprint density at radius 1 is 1.19 bits per heavy atom. The van der Waals surface area contributed by atoms with Crippen LogP contribution in [0.1, 0.15) is 25.7 Å². The number of halogens is 2. The van der Waals surface area contributed by atoms with E-state index in [-0.39, 0.29) is 16.9 Å². The van der Waals surface area contributed by atoms with Crippen LogP contribution in [0.3, 0.4) is 0 Å². The van der Waals surface area contributed by atoms with E-state index in [2.05, 4.69) is 0 Å². The average molecular weight is 318 g/mol. The SMILES string of the molecule is CN(C1CCCCC1CN)S(=O)(=O)c1cc(F)cc(F)c1. The van der Waals surface area contributed by atoms with Crippen molar-refractivity contribution in [3.05, 3.63) is 29.8 Å². The molecule has 4 nitrogen and oxygen atoms in total. The molecule has 0 amide bonds. The van der Waals surface area contributed by atoms with E-state index in [0.29, 0.717) is 12.6 Å². The molecular formula is C14H20F2N2O2S. The number of hydrogen-bond donors (Lipinski definition) is 1. The largest absolute Gasteiger partial charge is 0.330 e. The first-order valence-electron chi connectivity index (χ1n) is 7.00. The Kier molecular flexibility index (Phi) is 4.95. The van der Waals surface area contributed by atoms with Gasteiger partial charge in [0.25, 0.3) is 0 Å². The molecule has 1 aliphatic carbocycles. The number of nitrogens with zero attached hydrogens (tertiary/aromatic N) is 1. The van der Waals surface area contributed by atoms with Gasteiger partial charge >= 0.3 is 0 Å². The van der Waals surface area contributed by atoms with Crippen molar-refractivity contribution in [1.29, 1.82) is 0 Å². The Labute approximate surface area is 124 Å².